The number of esters is 1. The maximum absolute atomic E-state index is 13.4. The van der Waals surface area contributed by atoms with Crippen LogP contribution in [0.2, 0.25) is 0 Å². The first-order valence-corrected chi connectivity index (χ1v) is 11.1. The molecule has 2 aromatic carbocycles. The fraction of sp³-hybridized carbons (Fsp3) is 0.0417. The number of aromatic nitrogens is 2. The zero-order valence-electron chi connectivity index (χ0n) is 16.6. The van der Waals surface area contributed by atoms with E-state index in [0.717, 1.165) is 9.47 Å². The van der Waals surface area contributed by atoms with Crippen LogP contribution in [-0.2, 0) is 9.53 Å². The maximum atomic E-state index is 13.4. The summed E-state index contributed by atoms with van der Waals surface area (Å²) in [6.45, 7) is -0.343. The van der Waals surface area contributed by atoms with E-state index in [-0.39, 0.29) is 18.2 Å². The van der Waals surface area contributed by atoms with E-state index in [1.54, 1.807) is 41.2 Å². The number of Topliss-reactive ketones (excluding diaryl/α,β-unsaturated/α-hetero) is 1. The van der Waals surface area contributed by atoms with Crippen molar-refractivity contribution in [3.05, 3.63) is 99.0 Å². The van der Waals surface area contributed by atoms with Crippen LogP contribution in [0.3, 0.4) is 0 Å². The molecule has 5 nitrogen and oxygen atoms in total. The number of nitrogens with zero attached hydrogens (tertiary/aromatic N) is 2. The first-order chi connectivity index (χ1) is 15.5. The number of halogens is 2. The molecule has 0 aliphatic rings. The summed E-state index contributed by atoms with van der Waals surface area (Å²) in [6.07, 6.45) is 4.59. The minimum Gasteiger partial charge on any atom is -0.454 e. The fourth-order valence-corrected chi connectivity index (χ4v) is 4.24. The number of thiophene rings is 1. The number of para-hydroxylation sites is 1. The Kier molecular flexibility index (Phi) is 6.72. The van der Waals surface area contributed by atoms with Gasteiger partial charge in [-0.15, -0.1) is 11.3 Å². The van der Waals surface area contributed by atoms with E-state index in [4.69, 9.17) is 4.74 Å². The van der Waals surface area contributed by atoms with Gasteiger partial charge in [-0.2, -0.15) is 5.10 Å². The Bertz CT molecular complexity index is 1280. The molecule has 0 N–H and O–H groups in total. The van der Waals surface area contributed by atoms with Gasteiger partial charge in [0, 0.05) is 23.4 Å². The molecule has 0 saturated carbocycles. The van der Waals surface area contributed by atoms with Crippen molar-refractivity contribution in [3.8, 4) is 16.9 Å². The molecule has 0 radical (unpaired) electrons. The van der Waals surface area contributed by atoms with Crippen LogP contribution in [0.1, 0.15) is 15.2 Å². The second kappa shape index (κ2) is 9.84. The highest BCUT2D eigenvalue weighted by molar-refractivity contribution is 9.11. The van der Waals surface area contributed by atoms with E-state index in [2.05, 4.69) is 21.0 Å². The van der Waals surface area contributed by atoms with Crippen LogP contribution in [0.5, 0.6) is 0 Å². The lowest BCUT2D eigenvalue weighted by Gasteiger charge is -2.01. The van der Waals surface area contributed by atoms with Gasteiger partial charge in [-0.3, -0.25) is 4.79 Å². The quantitative estimate of drug-likeness (QED) is 0.175. The number of ketones is 1. The van der Waals surface area contributed by atoms with Crippen LogP contribution in [0.4, 0.5) is 4.39 Å². The standard InChI is InChI=1S/C24H16BrFN2O3S/c25-22-12-11-21(32-22)20(29)15-31-23(30)13-8-17-14-28(19-4-2-1-3-5-19)27-24(17)16-6-9-18(26)10-7-16/h1-14H,15H2. The van der Waals surface area contributed by atoms with Gasteiger partial charge in [-0.1, -0.05) is 18.2 Å². The third-order valence-electron chi connectivity index (χ3n) is 4.47. The normalized spacial score (nSPS) is 11.1. The van der Waals surface area contributed by atoms with E-state index in [0.29, 0.717) is 21.7 Å². The molecule has 0 atom stereocenters. The van der Waals surface area contributed by atoms with Crippen LogP contribution in [0, 0.1) is 5.82 Å². The molecule has 0 bridgehead atoms. The van der Waals surface area contributed by atoms with Gasteiger partial charge in [0.2, 0.25) is 5.78 Å². The minimum absolute atomic E-state index is 0.272. The Hall–Kier alpha value is -3.36. The molecule has 0 spiro atoms. The summed E-state index contributed by atoms with van der Waals surface area (Å²) >= 11 is 4.58. The molecule has 0 unspecified atom stereocenters. The number of carbonyl (C=O) groups excluding carboxylic acids is 2. The fourth-order valence-electron chi connectivity index (χ4n) is 2.93. The third kappa shape index (κ3) is 5.27. The molecule has 4 rings (SSSR count). The van der Waals surface area contributed by atoms with Crippen LogP contribution >= 0.6 is 27.3 Å². The zero-order chi connectivity index (χ0) is 22.5. The van der Waals surface area contributed by atoms with Crippen LogP contribution in [0.25, 0.3) is 23.0 Å². The Labute approximate surface area is 195 Å². The number of carbonyl (C=O) groups is 2. The van der Waals surface area contributed by atoms with Gasteiger partial charge in [-0.05, 0) is 70.5 Å². The molecule has 160 valence electrons. The largest absolute Gasteiger partial charge is 0.454 e. The van der Waals surface area contributed by atoms with Crippen molar-refractivity contribution in [2.45, 2.75) is 0 Å². The summed E-state index contributed by atoms with van der Waals surface area (Å²) in [5.41, 5.74) is 2.77. The first-order valence-electron chi connectivity index (χ1n) is 9.54. The van der Waals surface area contributed by atoms with E-state index >= 15 is 0 Å². The lowest BCUT2D eigenvalue weighted by Crippen LogP contribution is -2.11. The molecule has 0 amide bonds. The summed E-state index contributed by atoms with van der Waals surface area (Å²) < 4.78 is 21.0. The molecular weight excluding hydrogens is 495 g/mol. The van der Waals surface area contributed by atoms with Gasteiger partial charge in [-0.25, -0.2) is 13.9 Å². The predicted octanol–water partition coefficient (Wildman–Crippen LogP) is 5.94. The van der Waals surface area contributed by atoms with Crippen molar-refractivity contribution < 1.29 is 18.7 Å². The third-order valence-corrected chi connectivity index (χ3v) is 6.14. The maximum Gasteiger partial charge on any atom is 0.331 e. The molecule has 2 aromatic heterocycles. The van der Waals surface area contributed by atoms with Crippen LogP contribution in [-0.4, -0.2) is 28.1 Å². The van der Waals surface area contributed by atoms with Gasteiger partial charge in [0.15, 0.2) is 6.61 Å². The first kappa shape index (κ1) is 21.9. The topological polar surface area (TPSA) is 61.2 Å². The minimum atomic E-state index is -0.647. The summed E-state index contributed by atoms with van der Waals surface area (Å²) in [6, 6.07) is 18.9. The number of rotatable bonds is 7. The zero-order valence-corrected chi connectivity index (χ0v) is 19.0. The second-order valence-electron chi connectivity index (χ2n) is 6.69. The van der Waals surface area contributed by atoms with Crippen molar-refractivity contribution in [1.29, 1.82) is 0 Å². The monoisotopic (exact) mass is 510 g/mol. The molecule has 4 aromatic rings. The number of hydrogen-bond acceptors (Lipinski definition) is 5. The average molecular weight is 511 g/mol. The predicted molar refractivity (Wildman–Crippen MR) is 125 cm³/mol. The van der Waals surface area contributed by atoms with E-state index in [1.807, 2.05) is 30.3 Å². The highest BCUT2D eigenvalue weighted by Crippen LogP contribution is 2.25. The Morgan fingerprint density at radius 1 is 1.06 bits per heavy atom. The number of hydrogen-bond donors (Lipinski definition) is 0. The van der Waals surface area contributed by atoms with E-state index < -0.39 is 5.97 Å². The molecule has 8 heteroatoms. The SMILES string of the molecule is O=C(C=Cc1cn(-c2ccccc2)nc1-c1ccc(F)cc1)OCC(=O)c1ccc(Br)s1. The van der Waals surface area contributed by atoms with Gasteiger partial charge >= 0.3 is 5.97 Å². The Morgan fingerprint density at radius 2 is 1.81 bits per heavy atom. The van der Waals surface area contributed by atoms with Gasteiger partial charge in [0.05, 0.1) is 20.0 Å². The van der Waals surface area contributed by atoms with Crippen molar-refractivity contribution in [2.75, 3.05) is 6.61 Å². The van der Waals surface area contributed by atoms with Gasteiger partial charge < -0.3 is 4.74 Å². The van der Waals surface area contributed by atoms with Gasteiger partial charge in [0.1, 0.15) is 5.82 Å². The molecule has 32 heavy (non-hydrogen) atoms. The van der Waals surface area contributed by atoms with E-state index in [1.165, 1.54) is 29.5 Å². The molecule has 2 heterocycles. The Morgan fingerprint density at radius 3 is 2.50 bits per heavy atom. The van der Waals surface area contributed by atoms with Crippen LogP contribution in [0.15, 0.2) is 82.8 Å². The Balaban J connectivity index is 1.54. The number of ether oxygens (including phenoxy) is 1. The molecule has 0 aliphatic carbocycles. The summed E-state index contributed by atoms with van der Waals surface area (Å²) in [5, 5.41) is 4.61. The lowest BCUT2D eigenvalue weighted by atomic mass is 10.1. The highest BCUT2D eigenvalue weighted by Gasteiger charge is 2.13. The second-order valence-corrected chi connectivity index (χ2v) is 9.15. The van der Waals surface area contributed by atoms with Crippen molar-refractivity contribution in [1.82, 2.24) is 9.78 Å². The molecular formula is C24H16BrFN2O3S. The molecule has 0 fully saturated rings. The van der Waals surface area contributed by atoms with Crippen molar-refractivity contribution in [2.24, 2.45) is 0 Å². The average Bonchev–Trinajstić information content (AvgIpc) is 3.44. The summed E-state index contributed by atoms with van der Waals surface area (Å²) in [5.74, 6) is -1.27. The van der Waals surface area contributed by atoms with E-state index in [9.17, 15) is 14.0 Å². The lowest BCUT2D eigenvalue weighted by molar-refractivity contribution is -0.136. The molecule has 0 saturated heterocycles. The van der Waals surface area contributed by atoms with Crippen LogP contribution < -0.4 is 0 Å². The smallest absolute Gasteiger partial charge is 0.331 e. The highest BCUT2D eigenvalue weighted by atomic mass is 79.9. The summed E-state index contributed by atoms with van der Waals surface area (Å²) in [7, 11) is 0. The van der Waals surface area contributed by atoms with Crippen molar-refractivity contribution >= 4 is 45.1 Å². The van der Waals surface area contributed by atoms with Crippen molar-refractivity contribution in [3.63, 3.8) is 0 Å². The number of benzene rings is 2. The van der Waals surface area contributed by atoms with Gasteiger partial charge in [0.25, 0.3) is 0 Å². The summed E-state index contributed by atoms with van der Waals surface area (Å²) in [4.78, 5) is 24.8. The molecule has 0 aliphatic heterocycles.